The van der Waals surface area contributed by atoms with Crippen LogP contribution < -0.4 is 0 Å². The van der Waals surface area contributed by atoms with Crippen molar-refractivity contribution in [3.63, 3.8) is 0 Å². The quantitative estimate of drug-likeness (QED) is 0.607. The summed E-state index contributed by atoms with van der Waals surface area (Å²) in [5.41, 5.74) is 0.760. The highest BCUT2D eigenvalue weighted by Gasteiger charge is 2.47. The van der Waals surface area contributed by atoms with E-state index in [-0.39, 0.29) is 0 Å². The topological polar surface area (TPSA) is 0 Å². The SMILES string of the molecule is CC(C)C1CCC2(C(C)C)CCC1C2. The van der Waals surface area contributed by atoms with Gasteiger partial charge in [-0.2, -0.15) is 0 Å². The summed E-state index contributed by atoms with van der Waals surface area (Å²) in [5.74, 6) is 3.96. The van der Waals surface area contributed by atoms with Gasteiger partial charge in [-0.1, -0.05) is 27.7 Å². The monoisotopic (exact) mass is 194 g/mol. The average molecular weight is 194 g/mol. The van der Waals surface area contributed by atoms with Gasteiger partial charge in [0.25, 0.3) is 0 Å². The molecule has 0 N–H and O–H groups in total. The molecule has 0 amide bonds. The van der Waals surface area contributed by atoms with Gasteiger partial charge in [0.1, 0.15) is 0 Å². The number of hydrogen-bond acceptors (Lipinski definition) is 0. The zero-order valence-electron chi connectivity index (χ0n) is 10.3. The van der Waals surface area contributed by atoms with Crippen LogP contribution in [0.15, 0.2) is 0 Å². The van der Waals surface area contributed by atoms with Crippen molar-refractivity contribution in [2.45, 2.75) is 59.8 Å². The van der Waals surface area contributed by atoms with Gasteiger partial charge in [-0.15, -0.1) is 0 Å². The maximum absolute atomic E-state index is 2.44. The van der Waals surface area contributed by atoms with E-state index < -0.39 is 0 Å². The number of fused-ring (bicyclic) bond motifs is 2. The molecule has 0 nitrogen and oxygen atoms in total. The Morgan fingerprint density at radius 2 is 1.64 bits per heavy atom. The molecule has 0 heterocycles. The summed E-state index contributed by atoms with van der Waals surface area (Å²) in [6, 6.07) is 0. The fourth-order valence-corrected chi connectivity index (χ4v) is 4.17. The van der Waals surface area contributed by atoms with Crippen LogP contribution in [0.4, 0.5) is 0 Å². The Bertz CT molecular complexity index is 204. The molecule has 2 rings (SSSR count). The van der Waals surface area contributed by atoms with Gasteiger partial charge in [-0.25, -0.2) is 0 Å². The van der Waals surface area contributed by atoms with Crippen molar-refractivity contribution in [3.05, 3.63) is 0 Å². The zero-order chi connectivity index (χ0) is 10.3. The van der Waals surface area contributed by atoms with Crippen molar-refractivity contribution in [1.82, 2.24) is 0 Å². The Morgan fingerprint density at radius 1 is 1.00 bits per heavy atom. The van der Waals surface area contributed by atoms with Crippen molar-refractivity contribution in [1.29, 1.82) is 0 Å². The molecule has 0 radical (unpaired) electrons. The standard InChI is InChI=1S/C14H26/c1-10(2)13-6-8-14(11(3)4)7-5-12(13)9-14/h10-13H,5-9H2,1-4H3. The Morgan fingerprint density at radius 3 is 2.21 bits per heavy atom. The molecule has 0 spiro atoms. The molecule has 2 aliphatic rings. The molecule has 0 aliphatic heterocycles. The smallest absolute Gasteiger partial charge is 0.0271 e. The molecule has 0 aromatic carbocycles. The van der Waals surface area contributed by atoms with Crippen LogP contribution in [0.3, 0.4) is 0 Å². The first-order chi connectivity index (χ1) is 6.55. The molecule has 2 bridgehead atoms. The molecule has 14 heavy (non-hydrogen) atoms. The molecule has 82 valence electrons. The van der Waals surface area contributed by atoms with Gasteiger partial charge in [0.2, 0.25) is 0 Å². The predicted molar refractivity (Wildman–Crippen MR) is 62.2 cm³/mol. The molecule has 2 saturated carbocycles. The minimum atomic E-state index is 0.760. The lowest BCUT2D eigenvalue weighted by atomic mass is 9.64. The van der Waals surface area contributed by atoms with Crippen molar-refractivity contribution >= 4 is 0 Å². The summed E-state index contributed by atoms with van der Waals surface area (Å²) in [4.78, 5) is 0. The van der Waals surface area contributed by atoms with E-state index in [9.17, 15) is 0 Å². The third-order valence-corrected chi connectivity index (χ3v) is 5.34. The van der Waals surface area contributed by atoms with E-state index in [1.165, 1.54) is 25.7 Å². The molecule has 0 aromatic rings. The Hall–Kier alpha value is 0. The summed E-state index contributed by atoms with van der Waals surface area (Å²) in [6.45, 7) is 9.73. The Balaban J connectivity index is 2.09. The maximum Gasteiger partial charge on any atom is -0.0271 e. The van der Waals surface area contributed by atoms with Crippen LogP contribution in [-0.2, 0) is 0 Å². The number of rotatable bonds is 2. The third kappa shape index (κ3) is 1.51. The first-order valence-electron chi connectivity index (χ1n) is 6.55. The summed E-state index contributed by atoms with van der Waals surface area (Å²) < 4.78 is 0. The molecule has 0 heteroatoms. The van der Waals surface area contributed by atoms with Crippen LogP contribution >= 0.6 is 0 Å². The average Bonchev–Trinajstić information content (AvgIpc) is 2.45. The first-order valence-corrected chi connectivity index (χ1v) is 6.55. The van der Waals surface area contributed by atoms with Gasteiger partial charge >= 0.3 is 0 Å². The summed E-state index contributed by atoms with van der Waals surface area (Å²) in [6.07, 6.45) is 7.64. The maximum atomic E-state index is 2.44. The van der Waals surface area contributed by atoms with Crippen LogP contribution in [0.2, 0.25) is 0 Å². The third-order valence-electron chi connectivity index (χ3n) is 5.34. The van der Waals surface area contributed by atoms with Crippen LogP contribution in [0.25, 0.3) is 0 Å². The molecule has 2 aliphatic carbocycles. The fourth-order valence-electron chi connectivity index (χ4n) is 4.17. The van der Waals surface area contributed by atoms with E-state index >= 15 is 0 Å². The molecular weight excluding hydrogens is 168 g/mol. The molecule has 3 atom stereocenters. The number of hydrogen-bond donors (Lipinski definition) is 0. The normalized spacial score (nSPS) is 42.4. The van der Waals surface area contributed by atoms with Crippen LogP contribution in [0.5, 0.6) is 0 Å². The van der Waals surface area contributed by atoms with Gasteiger partial charge < -0.3 is 0 Å². The largest absolute Gasteiger partial charge is 0.0625 e. The fraction of sp³-hybridized carbons (Fsp3) is 1.00. The van der Waals surface area contributed by atoms with E-state index in [2.05, 4.69) is 27.7 Å². The lowest BCUT2D eigenvalue weighted by molar-refractivity contribution is 0.0866. The zero-order valence-corrected chi connectivity index (χ0v) is 10.3. The lowest BCUT2D eigenvalue weighted by Gasteiger charge is -2.41. The molecule has 0 saturated heterocycles. The van der Waals surface area contributed by atoms with E-state index in [0.29, 0.717) is 0 Å². The summed E-state index contributed by atoms with van der Waals surface area (Å²) in [7, 11) is 0. The van der Waals surface area contributed by atoms with Gasteiger partial charge in [-0.3, -0.25) is 0 Å². The molecule has 3 unspecified atom stereocenters. The highest BCUT2D eigenvalue weighted by Crippen LogP contribution is 2.58. The van der Waals surface area contributed by atoms with Gasteiger partial charge in [0.15, 0.2) is 0 Å². The van der Waals surface area contributed by atoms with Crippen molar-refractivity contribution in [3.8, 4) is 0 Å². The Labute approximate surface area is 89.5 Å². The Kier molecular flexibility index (Phi) is 2.66. The molecule has 0 aromatic heterocycles. The van der Waals surface area contributed by atoms with Crippen LogP contribution in [0.1, 0.15) is 59.8 Å². The highest BCUT2D eigenvalue weighted by atomic mass is 14.5. The van der Waals surface area contributed by atoms with Crippen LogP contribution in [-0.4, -0.2) is 0 Å². The predicted octanol–water partition coefficient (Wildman–Crippen LogP) is 4.49. The summed E-state index contributed by atoms with van der Waals surface area (Å²) >= 11 is 0. The van der Waals surface area contributed by atoms with E-state index in [0.717, 1.165) is 29.1 Å². The van der Waals surface area contributed by atoms with Crippen LogP contribution in [0, 0.1) is 29.1 Å². The van der Waals surface area contributed by atoms with Crippen molar-refractivity contribution in [2.24, 2.45) is 29.1 Å². The van der Waals surface area contributed by atoms with E-state index in [4.69, 9.17) is 0 Å². The second kappa shape index (κ2) is 3.54. The van der Waals surface area contributed by atoms with Gasteiger partial charge in [0, 0.05) is 0 Å². The van der Waals surface area contributed by atoms with Crippen molar-refractivity contribution < 1.29 is 0 Å². The molecule has 2 fully saturated rings. The molecular formula is C14H26. The minimum Gasteiger partial charge on any atom is -0.0625 e. The van der Waals surface area contributed by atoms with Gasteiger partial charge in [0.05, 0.1) is 0 Å². The van der Waals surface area contributed by atoms with E-state index in [1.807, 2.05) is 0 Å². The lowest BCUT2D eigenvalue weighted by Crippen LogP contribution is -2.32. The summed E-state index contributed by atoms with van der Waals surface area (Å²) in [5, 5.41) is 0. The first kappa shape index (κ1) is 10.5. The van der Waals surface area contributed by atoms with Gasteiger partial charge in [-0.05, 0) is 61.2 Å². The second-order valence-corrected chi connectivity index (χ2v) is 6.47. The minimum absolute atomic E-state index is 0.760. The second-order valence-electron chi connectivity index (χ2n) is 6.47. The van der Waals surface area contributed by atoms with Crippen molar-refractivity contribution in [2.75, 3.05) is 0 Å². The highest BCUT2D eigenvalue weighted by molar-refractivity contribution is 4.98. The van der Waals surface area contributed by atoms with E-state index in [1.54, 1.807) is 6.42 Å².